The van der Waals surface area contributed by atoms with Crippen LogP contribution in [0.4, 0.5) is 24.7 Å². The number of halogens is 3. The highest BCUT2D eigenvalue weighted by molar-refractivity contribution is 5.70. The predicted octanol–water partition coefficient (Wildman–Crippen LogP) is 5.36. The van der Waals surface area contributed by atoms with Gasteiger partial charge in [0, 0.05) is 47.7 Å². The van der Waals surface area contributed by atoms with Gasteiger partial charge in [0.25, 0.3) is 0 Å². The van der Waals surface area contributed by atoms with Crippen molar-refractivity contribution in [3.63, 3.8) is 0 Å². The van der Waals surface area contributed by atoms with Crippen LogP contribution in [0.1, 0.15) is 5.56 Å². The molecule has 0 unspecified atom stereocenters. The maximum Gasteiger partial charge on any atom is 0.416 e. The number of alkyl halides is 3. The fourth-order valence-corrected chi connectivity index (χ4v) is 2.73. The number of benzene rings is 1. The number of hydrogen-bond acceptors (Lipinski definition) is 5. The van der Waals surface area contributed by atoms with Gasteiger partial charge in [-0.15, -0.1) is 0 Å². The molecular formula is C21H14F3N5. The molecule has 0 aliphatic rings. The molecule has 0 fully saturated rings. The number of nitrogens with zero attached hydrogens (tertiary/aromatic N) is 4. The Kier molecular flexibility index (Phi) is 4.90. The van der Waals surface area contributed by atoms with Gasteiger partial charge in [0.2, 0.25) is 0 Å². The lowest BCUT2D eigenvalue weighted by Gasteiger charge is -2.12. The molecule has 3 aromatic heterocycles. The molecule has 0 saturated carbocycles. The molecule has 0 aliphatic carbocycles. The van der Waals surface area contributed by atoms with Crippen LogP contribution in [-0.4, -0.2) is 19.9 Å². The van der Waals surface area contributed by atoms with Crippen LogP contribution in [0.15, 0.2) is 79.4 Å². The molecule has 0 radical (unpaired) electrons. The molecule has 0 saturated heterocycles. The van der Waals surface area contributed by atoms with E-state index >= 15 is 0 Å². The fourth-order valence-electron chi connectivity index (χ4n) is 2.73. The van der Waals surface area contributed by atoms with Gasteiger partial charge in [0.1, 0.15) is 5.82 Å². The number of hydrogen-bond donors (Lipinski definition) is 1. The third-order valence-electron chi connectivity index (χ3n) is 4.10. The summed E-state index contributed by atoms with van der Waals surface area (Å²) in [6.45, 7) is 0. The molecule has 5 nitrogen and oxygen atoms in total. The van der Waals surface area contributed by atoms with Crippen molar-refractivity contribution in [2.24, 2.45) is 0 Å². The largest absolute Gasteiger partial charge is 0.416 e. The van der Waals surface area contributed by atoms with Crippen LogP contribution in [0.3, 0.4) is 0 Å². The van der Waals surface area contributed by atoms with E-state index in [0.717, 1.165) is 17.8 Å². The van der Waals surface area contributed by atoms with E-state index in [2.05, 4.69) is 25.3 Å². The van der Waals surface area contributed by atoms with Crippen molar-refractivity contribution >= 4 is 11.5 Å². The topological polar surface area (TPSA) is 63.6 Å². The lowest BCUT2D eigenvalue weighted by molar-refractivity contribution is -0.137. The molecular weight excluding hydrogens is 379 g/mol. The molecule has 144 valence electrons. The van der Waals surface area contributed by atoms with E-state index in [1.807, 2.05) is 0 Å². The van der Waals surface area contributed by atoms with E-state index in [1.165, 1.54) is 6.07 Å². The van der Waals surface area contributed by atoms with Gasteiger partial charge in [-0.2, -0.15) is 13.2 Å². The van der Waals surface area contributed by atoms with E-state index in [1.54, 1.807) is 61.2 Å². The highest BCUT2D eigenvalue weighted by atomic mass is 19.4. The quantitative estimate of drug-likeness (QED) is 0.505. The molecule has 8 heteroatoms. The Morgan fingerprint density at radius 1 is 0.724 bits per heavy atom. The number of aromatic nitrogens is 4. The Labute approximate surface area is 164 Å². The molecule has 4 rings (SSSR count). The normalized spacial score (nSPS) is 11.3. The first kappa shape index (κ1) is 18.5. The lowest BCUT2D eigenvalue weighted by atomic mass is 10.1. The Morgan fingerprint density at radius 3 is 2.10 bits per heavy atom. The molecule has 0 atom stereocenters. The van der Waals surface area contributed by atoms with E-state index in [0.29, 0.717) is 28.5 Å². The maximum absolute atomic E-state index is 13.1. The van der Waals surface area contributed by atoms with Crippen LogP contribution >= 0.6 is 0 Å². The summed E-state index contributed by atoms with van der Waals surface area (Å²) in [4.78, 5) is 16.9. The second-order valence-corrected chi connectivity index (χ2v) is 6.14. The third-order valence-corrected chi connectivity index (χ3v) is 4.10. The fraction of sp³-hybridized carbons (Fsp3) is 0.0476. The second-order valence-electron chi connectivity index (χ2n) is 6.14. The SMILES string of the molecule is FC(F)(F)c1cccc(-c2cc(Nc3ccncc3)nc(-c3ccncc3)n2)c1. The van der Waals surface area contributed by atoms with Crippen LogP contribution in [0.25, 0.3) is 22.6 Å². The van der Waals surface area contributed by atoms with Gasteiger partial charge in [-0.1, -0.05) is 12.1 Å². The Bertz CT molecular complexity index is 1120. The summed E-state index contributed by atoms with van der Waals surface area (Å²) in [5, 5.41) is 3.14. The number of pyridine rings is 2. The van der Waals surface area contributed by atoms with Crippen molar-refractivity contribution in [1.82, 2.24) is 19.9 Å². The van der Waals surface area contributed by atoms with Crippen LogP contribution in [0.2, 0.25) is 0 Å². The third kappa shape index (κ3) is 4.37. The Balaban J connectivity index is 1.82. The maximum atomic E-state index is 13.1. The van der Waals surface area contributed by atoms with Gasteiger partial charge < -0.3 is 5.32 Å². The predicted molar refractivity (Wildman–Crippen MR) is 103 cm³/mol. The van der Waals surface area contributed by atoms with Crippen molar-refractivity contribution < 1.29 is 13.2 Å². The molecule has 0 bridgehead atoms. The summed E-state index contributed by atoms with van der Waals surface area (Å²) in [5.41, 5.74) is 1.42. The summed E-state index contributed by atoms with van der Waals surface area (Å²) in [6, 6.07) is 13.7. The molecule has 29 heavy (non-hydrogen) atoms. The van der Waals surface area contributed by atoms with E-state index in [-0.39, 0.29) is 0 Å². The van der Waals surface area contributed by atoms with Crippen LogP contribution in [-0.2, 0) is 6.18 Å². The number of rotatable bonds is 4. The summed E-state index contributed by atoms with van der Waals surface area (Å²) in [7, 11) is 0. The van der Waals surface area contributed by atoms with Crippen molar-refractivity contribution in [3.8, 4) is 22.6 Å². The van der Waals surface area contributed by atoms with Gasteiger partial charge in [0.05, 0.1) is 11.3 Å². The Morgan fingerprint density at radius 2 is 1.41 bits per heavy atom. The highest BCUT2D eigenvalue weighted by Crippen LogP contribution is 2.33. The minimum Gasteiger partial charge on any atom is -0.340 e. The van der Waals surface area contributed by atoms with Gasteiger partial charge in [-0.25, -0.2) is 9.97 Å². The molecule has 1 N–H and O–H groups in total. The first-order valence-corrected chi connectivity index (χ1v) is 8.63. The van der Waals surface area contributed by atoms with Gasteiger partial charge in [-0.3, -0.25) is 9.97 Å². The minimum absolute atomic E-state index is 0.343. The summed E-state index contributed by atoms with van der Waals surface area (Å²) in [6.07, 6.45) is 2.02. The minimum atomic E-state index is -4.44. The second kappa shape index (κ2) is 7.67. The summed E-state index contributed by atoms with van der Waals surface area (Å²) >= 11 is 0. The average molecular weight is 393 g/mol. The molecule has 0 amide bonds. The Hall–Kier alpha value is -3.81. The zero-order valence-corrected chi connectivity index (χ0v) is 14.9. The molecule has 4 aromatic rings. The highest BCUT2D eigenvalue weighted by Gasteiger charge is 2.30. The zero-order valence-electron chi connectivity index (χ0n) is 14.9. The first-order chi connectivity index (χ1) is 14.0. The molecule has 3 heterocycles. The van der Waals surface area contributed by atoms with Crippen molar-refractivity contribution in [2.45, 2.75) is 6.18 Å². The smallest absolute Gasteiger partial charge is 0.340 e. The summed E-state index contributed by atoms with van der Waals surface area (Å²) in [5.74, 6) is 0.823. The van der Waals surface area contributed by atoms with Crippen LogP contribution in [0, 0.1) is 0 Å². The van der Waals surface area contributed by atoms with Gasteiger partial charge >= 0.3 is 6.18 Å². The van der Waals surface area contributed by atoms with E-state index in [9.17, 15) is 13.2 Å². The van der Waals surface area contributed by atoms with Crippen LogP contribution < -0.4 is 5.32 Å². The first-order valence-electron chi connectivity index (χ1n) is 8.63. The molecule has 1 aromatic carbocycles. The van der Waals surface area contributed by atoms with Gasteiger partial charge in [-0.05, 0) is 36.4 Å². The number of anilines is 2. The lowest BCUT2D eigenvalue weighted by Crippen LogP contribution is -2.05. The summed E-state index contributed by atoms with van der Waals surface area (Å²) < 4.78 is 39.4. The van der Waals surface area contributed by atoms with E-state index in [4.69, 9.17) is 0 Å². The molecule has 0 aliphatic heterocycles. The molecule has 0 spiro atoms. The standard InChI is InChI=1S/C21H14F3N5/c22-21(23,24)16-3-1-2-15(12-16)18-13-19(27-17-6-10-26-11-7-17)29-20(28-18)14-4-8-25-9-5-14/h1-13H,(H,26,27,28,29). The average Bonchev–Trinajstić information content (AvgIpc) is 2.74. The monoisotopic (exact) mass is 393 g/mol. The van der Waals surface area contributed by atoms with Crippen molar-refractivity contribution in [3.05, 3.63) is 84.9 Å². The van der Waals surface area contributed by atoms with E-state index < -0.39 is 11.7 Å². The number of nitrogens with one attached hydrogen (secondary N) is 1. The van der Waals surface area contributed by atoms with Crippen molar-refractivity contribution in [1.29, 1.82) is 0 Å². The van der Waals surface area contributed by atoms with Gasteiger partial charge in [0.15, 0.2) is 5.82 Å². The van der Waals surface area contributed by atoms with Crippen molar-refractivity contribution in [2.75, 3.05) is 5.32 Å². The zero-order chi connectivity index (χ0) is 20.3. The van der Waals surface area contributed by atoms with Crippen LogP contribution in [0.5, 0.6) is 0 Å².